The zero-order valence-electron chi connectivity index (χ0n) is 11.5. The molecule has 1 saturated heterocycles. The van der Waals surface area contributed by atoms with Crippen molar-refractivity contribution < 1.29 is 9.84 Å². The number of hydrogen-bond acceptors (Lipinski definition) is 3. The maximum atomic E-state index is 10.1. The van der Waals surface area contributed by atoms with E-state index in [2.05, 4.69) is 24.8 Å². The Balaban J connectivity index is 2.26. The van der Waals surface area contributed by atoms with Gasteiger partial charge in [-0.3, -0.25) is 0 Å². The van der Waals surface area contributed by atoms with E-state index in [4.69, 9.17) is 4.74 Å². The summed E-state index contributed by atoms with van der Waals surface area (Å²) in [4.78, 5) is 2.33. The summed E-state index contributed by atoms with van der Waals surface area (Å²) in [5.41, 5.74) is 2.18. The van der Waals surface area contributed by atoms with Crippen molar-refractivity contribution in [2.45, 2.75) is 45.5 Å². The predicted molar refractivity (Wildman–Crippen MR) is 73.9 cm³/mol. The molecule has 0 aromatic heterocycles. The predicted octanol–water partition coefficient (Wildman–Crippen LogP) is 2.74. The minimum Gasteiger partial charge on any atom is -0.388 e. The molecule has 18 heavy (non-hydrogen) atoms. The Morgan fingerprint density at radius 3 is 2.50 bits per heavy atom. The van der Waals surface area contributed by atoms with Crippen molar-refractivity contribution >= 4 is 5.69 Å². The van der Waals surface area contributed by atoms with E-state index in [0.29, 0.717) is 0 Å². The average molecular weight is 249 g/mol. The standard InChI is InChI=1S/C15H23NO2/c1-4-15(17)13-7-5-6-8-14(13)16-9-11(2)18-12(3)10-16/h5-8,11-12,15,17H,4,9-10H2,1-3H3/t11?,12?,15-/m0/s1. The first-order valence-electron chi connectivity index (χ1n) is 6.79. The fourth-order valence-corrected chi connectivity index (χ4v) is 2.65. The SMILES string of the molecule is CC[C@H](O)c1ccccc1N1CC(C)OC(C)C1. The van der Waals surface area contributed by atoms with Gasteiger partial charge in [-0.1, -0.05) is 25.1 Å². The van der Waals surface area contributed by atoms with Crippen molar-refractivity contribution in [2.24, 2.45) is 0 Å². The molecular weight excluding hydrogens is 226 g/mol. The van der Waals surface area contributed by atoms with Crippen LogP contribution < -0.4 is 4.90 Å². The van der Waals surface area contributed by atoms with Crippen LogP contribution in [-0.2, 0) is 4.74 Å². The second-order valence-electron chi connectivity index (χ2n) is 5.15. The van der Waals surface area contributed by atoms with Gasteiger partial charge in [-0.05, 0) is 26.3 Å². The van der Waals surface area contributed by atoms with Crippen LogP contribution in [0.1, 0.15) is 38.9 Å². The van der Waals surface area contributed by atoms with Crippen molar-refractivity contribution in [1.82, 2.24) is 0 Å². The number of aliphatic hydroxyl groups excluding tert-OH is 1. The van der Waals surface area contributed by atoms with E-state index in [1.165, 1.54) is 0 Å². The Bertz CT molecular complexity index is 384. The normalized spacial score (nSPS) is 26.1. The number of benzene rings is 1. The van der Waals surface area contributed by atoms with Crippen LogP contribution in [0.4, 0.5) is 5.69 Å². The van der Waals surface area contributed by atoms with Crippen LogP contribution in [0, 0.1) is 0 Å². The molecule has 1 aliphatic heterocycles. The van der Waals surface area contributed by atoms with Crippen molar-refractivity contribution in [2.75, 3.05) is 18.0 Å². The first-order valence-corrected chi connectivity index (χ1v) is 6.79. The first-order chi connectivity index (χ1) is 8.61. The van der Waals surface area contributed by atoms with Crippen molar-refractivity contribution in [3.05, 3.63) is 29.8 Å². The molecule has 1 aromatic rings. The Kier molecular flexibility index (Phi) is 4.25. The third-order valence-electron chi connectivity index (χ3n) is 3.44. The largest absolute Gasteiger partial charge is 0.388 e. The van der Waals surface area contributed by atoms with Crippen molar-refractivity contribution in [1.29, 1.82) is 0 Å². The van der Waals surface area contributed by atoms with E-state index in [-0.39, 0.29) is 18.3 Å². The first kappa shape index (κ1) is 13.4. The molecule has 2 rings (SSSR count). The Labute approximate surface area is 109 Å². The summed E-state index contributed by atoms with van der Waals surface area (Å²) in [6.07, 6.45) is 0.836. The topological polar surface area (TPSA) is 32.7 Å². The number of aliphatic hydroxyl groups is 1. The van der Waals surface area contributed by atoms with Crippen LogP contribution in [0.25, 0.3) is 0 Å². The molecule has 0 aliphatic carbocycles. The molecular formula is C15H23NO2. The monoisotopic (exact) mass is 249 g/mol. The number of rotatable bonds is 3. The van der Waals surface area contributed by atoms with E-state index in [0.717, 1.165) is 30.8 Å². The van der Waals surface area contributed by atoms with Crippen LogP contribution in [0.2, 0.25) is 0 Å². The van der Waals surface area contributed by atoms with Gasteiger partial charge in [0.15, 0.2) is 0 Å². The fourth-order valence-electron chi connectivity index (χ4n) is 2.65. The van der Waals surface area contributed by atoms with E-state index < -0.39 is 0 Å². The van der Waals surface area contributed by atoms with Crippen molar-refractivity contribution in [3.8, 4) is 0 Å². The van der Waals surface area contributed by atoms with E-state index in [1.54, 1.807) is 0 Å². The number of ether oxygens (including phenoxy) is 1. The lowest BCUT2D eigenvalue weighted by atomic mass is 10.0. The van der Waals surface area contributed by atoms with Crippen LogP contribution in [0.3, 0.4) is 0 Å². The number of nitrogens with zero attached hydrogens (tertiary/aromatic N) is 1. The third kappa shape index (κ3) is 2.85. The van der Waals surface area contributed by atoms with Gasteiger partial charge in [0.1, 0.15) is 0 Å². The summed E-state index contributed by atoms with van der Waals surface area (Å²) in [5, 5.41) is 10.1. The minimum absolute atomic E-state index is 0.237. The maximum Gasteiger partial charge on any atom is 0.0807 e. The summed E-state index contributed by atoms with van der Waals surface area (Å²) in [6.45, 7) is 7.98. The maximum absolute atomic E-state index is 10.1. The molecule has 100 valence electrons. The van der Waals surface area contributed by atoms with Gasteiger partial charge in [0.05, 0.1) is 18.3 Å². The summed E-state index contributed by atoms with van der Waals surface area (Å²) in [5.74, 6) is 0. The van der Waals surface area contributed by atoms with Gasteiger partial charge in [0, 0.05) is 24.3 Å². The lowest BCUT2D eigenvalue weighted by Gasteiger charge is -2.38. The molecule has 3 heteroatoms. The Morgan fingerprint density at radius 1 is 1.28 bits per heavy atom. The van der Waals surface area contributed by atoms with Gasteiger partial charge < -0.3 is 14.7 Å². The molecule has 1 aliphatic rings. The zero-order valence-corrected chi connectivity index (χ0v) is 11.5. The molecule has 0 amide bonds. The number of hydrogen-bond donors (Lipinski definition) is 1. The molecule has 1 N–H and O–H groups in total. The molecule has 2 unspecified atom stereocenters. The number of para-hydroxylation sites is 1. The van der Waals surface area contributed by atoms with E-state index in [9.17, 15) is 5.11 Å². The Hall–Kier alpha value is -1.06. The summed E-state index contributed by atoms with van der Waals surface area (Å²) >= 11 is 0. The molecule has 1 fully saturated rings. The lowest BCUT2D eigenvalue weighted by Crippen LogP contribution is -2.45. The highest BCUT2D eigenvalue weighted by Crippen LogP contribution is 2.30. The molecule has 0 saturated carbocycles. The van der Waals surface area contributed by atoms with Crippen LogP contribution in [0.15, 0.2) is 24.3 Å². The third-order valence-corrected chi connectivity index (χ3v) is 3.44. The van der Waals surface area contributed by atoms with Gasteiger partial charge in [0.25, 0.3) is 0 Å². The summed E-state index contributed by atoms with van der Waals surface area (Å²) in [6, 6.07) is 8.14. The second-order valence-corrected chi connectivity index (χ2v) is 5.15. The van der Waals surface area contributed by atoms with Crippen LogP contribution in [-0.4, -0.2) is 30.4 Å². The highest BCUT2D eigenvalue weighted by atomic mass is 16.5. The van der Waals surface area contributed by atoms with Crippen LogP contribution >= 0.6 is 0 Å². The van der Waals surface area contributed by atoms with Gasteiger partial charge in [-0.2, -0.15) is 0 Å². The highest BCUT2D eigenvalue weighted by Gasteiger charge is 2.24. The number of morpholine rings is 1. The highest BCUT2D eigenvalue weighted by molar-refractivity contribution is 5.55. The molecule has 3 nitrogen and oxygen atoms in total. The van der Waals surface area contributed by atoms with Gasteiger partial charge >= 0.3 is 0 Å². The van der Waals surface area contributed by atoms with E-state index >= 15 is 0 Å². The molecule has 1 aromatic carbocycles. The van der Waals surface area contributed by atoms with Crippen molar-refractivity contribution in [3.63, 3.8) is 0 Å². The molecule has 0 bridgehead atoms. The van der Waals surface area contributed by atoms with Gasteiger partial charge in [-0.15, -0.1) is 0 Å². The minimum atomic E-state index is -0.380. The number of anilines is 1. The molecule has 3 atom stereocenters. The smallest absolute Gasteiger partial charge is 0.0807 e. The molecule has 0 spiro atoms. The quantitative estimate of drug-likeness (QED) is 0.894. The summed E-state index contributed by atoms with van der Waals surface area (Å²) in [7, 11) is 0. The molecule has 1 heterocycles. The summed E-state index contributed by atoms with van der Waals surface area (Å²) < 4.78 is 5.76. The molecule has 0 radical (unpaired) electrons. The zero-order chi connectivity index (χ0) is 13.1. The average Bonchev–Trinajstić information content (AvgIpc) is 2.36. The Morgan fingerprint density at radius 2 is 1.89 bits per heavy atom. The fraction of sp³-hybridized carbons (Fsp3) is 0.600. The lowest BCUT2D eigenvalue weighted by molar-refractivity contribution is -0.00540. The van der Waals surface area contributed by atoms with Gasteiger partial charge in [-0.25, -0.2) is 0 Å². The van der Waals surface area contributed by atoms with Gasteiger partial charge in [0.2, 0.25) is 0 Å². The van der Waals surface area contributed by atoms with E-state index in [1.807, 2.05) is 25.1 Å². The van der Waals surface area contributed by atoms with Crippen LogP contribution in [0.5, 0.6) is 0 Å². The second kappa shape index (κ2) is 5.72.